The Morgan fingerprint density at radius 3 is 2.78 bits per heavy atom. The molecule has 2 rings (SSSR count). The van der Waals surface area contributed by atoms with Crippen LogP contribution in [0.1, 0.15) is 33.1 Å². The summed E-state index contributed by atoms with van der Waals surface area (Å²) in [6, 6.07) is -0.523. The molecule has 0 spiro atoms. The molecular formula is C13H23N3O2. The predicted octanol–water partition coefficient (Wildman–Crippen LogP) is 0.952. The van der Waals surface area contributed by atoms with Crippen LogP contribution in [0.25, 0.3) is 0 Å². The molecule has 2 aliphatic heterocycles. The third-order valence-corrected chi connectivity index (χ3v) is 3.65. The van der Waals surface area contributed by atoms with Crippen LogP contribution in [0.15, 0.2) is 0 Å². The minimum atomic E-state index is -0.311. The van der Waals surface area contributed by atoms with Crippen LogP contribution in [-0.2, 0) is 4.79 Å². The maximum atomic E-state index is 12.1. The molecule has 2 atom stereocenters. The monoisotopic (exact) mass is 253 g/mol. The molecule has 0 aromatic carbocycles. The number of carbonyl (C=O) groups excluding carboxylic acids is 2. The first-order valence-electron chi connectivity index (χ1n) is 6.90. The fourth-order valence-corrected chi connectivity index (χ4v) is 2.72. The van der Waals surface area contributed by atoms with Gasteiger partial charge in [0.15, 0.2) is 0 Å². The standard InChI is InChI=1S/C13H23N3O2/c1-9(2)6-11-12(17)16(13(18)15-11)8-10-4-3-5-14-7-10/h9-11,14H,3-8H2,1-2H3,(H,15,18). The summed E-state index contributed by atoms with van der Waals surface area (Å²) in [6.07, 6.45) is 2.95. The molecule has 0 aromatic heterocycles. The molecule has 2 fully saturated rings. The van der Waals surface area contributed by atoms with Crippen molar-refractivity contribution in [2.75, 3.05) is 19.6 Å². The van der Waals surface area contributed by atoms with E-state index in [1.165, 1.54) is 4.90 Å². The van der Waals surface area contributed by atoms with Crippen LogP contribution in [0.3, 0.4) is 0 Å². The van der Waals surface area contributed by atoms with Crippen molar-refractivity contribution in [3.63, 3.8) is 0 Å². The van der Waals surface area contributed by atoms with Crippen LogP contribution in [0.2, 0.25) is 0 Å². The fraction of sp³-hybridized carbons (Fsp3) is 0.846. The largest absolute Gasteiger partial charge is 0.326 e. The highest BCUT2D eigenvalue weighted by Gasteiger charge is 2.38. The highest BCUT2D eigenvalue weighted by Crippen LogP contribution is 2.18. The molecule has 2 unspecified atom stereocenters. The summed E-state index contributed by atoms with van der Waals surface area (Å²) < 4.78 is 0. The number of nitrogens with zero attached hydrogens (tertiary/aromatic N) is 1. The van der Waals surface area contributed by atoms with Gasteiger partial charge in [0.1, 0.15) is 6.04 Å². The normalized spacial score (nSPS) is 28.9. The number of hydrogen-bond donors (Lipinski definition) is 2. The van der Waals surface area contributed by atoms with E-state index >= 15 is 0 Å². The lowest BCUT2D eigenvalue weighted by molar-refractivity contribution is -0.128. The van der Waals surface area contributed by atoms with Gasteiger partial charge in [-0.05, 0) is 44.2 Å². The highest BCUT2D eigenvalue weighted by atomic mass is 16.2. The molecule has 3 amide bonds. The van der Waals surface area contributed by atoms with Gasteiger partial charge in [-0.2, -0.15) is 0 Å². The molecular weight excluding hydrogens is 230 g/mol. The minimum Gasteiger partial charge on any atom is -0.326 e. The highest BCUT2D eigenvalue weighted by molar-refractivity contribution is 6.04. The lowest BCUT2D eigenvalue weighted by atomic mass is 9.99. The van der Waals surface area contributed by atoms with Crippen molar-refractivity contribution in [1.82, 2.24) is 15.5 Å². The third-order valence-electron chi connectivity index (χ3n) is 3.65. The average Bonchev–Trinajstić information content (AvgIpc) is 2.58. The molecule has 18 heavy (non-hydrogen) atoms. The van der Waals surface area contributed by atoms with E-state index in [-0.39, 0.29) is 18.0 Å². The smallest absolute Gasteiger partial charge is 0.324 e. The summed E-state index contributed by atoms with van der Waals surface area (Å²) in [5, 5.41) is 6.10. The second kappa shape index (κ2) is 5.69. The van der Waals surface area contributed by atoms with E-state index in [2.05, 4.69) is 24.5 Å². The predicted molar refractivity (Wildman–Crippen MR) is 69.1 cm³/mol. The summed E-state index contributed by atoms with van der Waals surface area (Å²) in [5.41, 5.74) is 0. The molecule has 5 nitrogen and oxygen atoms in total. The van der Waals surface area contributed by atoms with Crippen LogP contribution in [0, 0.1) is 11.8 Å². The Morgan fingerprint density at radius 2 is 2.17 bits per heavy atom. The van der Waals surface area contributed by atoms with Gasteiger partial charge in [0.25, 0.3) is 5.91 Å². The molecule has 2 N–H and O–H groups in total. The summed E-state index contributed by atoms with van der Waals surface area (Å²) >= 11 is 0. The number of nitrogens with one attached hydrogen (secondary N) is 2. The van der Waals surface area contributed by atoms with Crippen LogP contribution in [0.4, 0.5) is 4.79 Å². The minimum absolute atomic E-state index is 0.0423. The Morgan fingerprint density at radius 1 is 1.39 bits per heavy atom. The molecule has 0 bridgehead atoms. The molecule has 0 radical (unpaired) electrons. The Bertz CT molecular complexity index is 324. The number of hydrogen-bond acceptors (Lipinski definition) is 3. The Labute approximate surface area is 108 Å². The van der Waals surface area contributed by atoms with Gasteiger partial charge in [-0.1, -0.05) is 13.8 Å². The Kier molecular flexibility index (Phi) is 4.22. The maximum absolute atomic E-state index is 12.1. The first-order chi connectivity index (χ1) is 8.58. The van der Waals surface area contributed by atoms with Crippen LogP contribution in [-0.4, -0.2) is 42.5 Å². The van der Waals surface area contributed by atoms with Crippen molar-refractivity contribution >= 4 is 11.9 Å². The number of imide groups is 1. The van der Waals surface area contributed by atoms with E-state index < -0.39 is 0 Å². The molecule has 2 heterocycles. The topological polar surface area (TPSA) is 61.4 Å². The van der Waals surface area contributed by atoms with Crippen molar-refractivity contribution in [2.45, 2.75) is 39.2 Å². The van der Waals surface area contributed by atoms with Gasteiger partial charge in [0.2, 0.25) is 0 Å². The van der Waals surface area contributed by atoms with Gasteiger partial charge in [-0.25, -0.2) is 4.79 Å². The number of amides is 3. The van der Waals surface area contributed by atoms with Gasteiger partial charge >= 0.3 is 6.03 Å². The molecule has 102 valence electrons. The number of piperidine rings is 1. The van der Waals surface area contributed by atoms with E-state index in [1.54, 1.807) is 0 Å². The average molecular weight is 253 g/mol. The van der Waals surface area contributed by atoms with Crippen LogP contribution >= 0.6 is 0 Å². The molecule has 5 heteroatoms. The number of carbonyl (C=O) groups is 2. The summed E-state index contributed by atoms with van der Waals surface area (Å²) in [5.74, 6) is 0.779. The van der Waals surface area contributed by atoms with E-state index in [4.69, 9.17) is 0 Å². The van der Waals surface area contributed by atoms with E-state index in [0.29, 0.717) is 18.4 Å². The lowest BCUT2D eigenvalue weighted by Gasteiger charge is -2.26. The summed E-state index contributed by atoms with van der Waals surface area (Å²) in [4.78, 5) is 25.4. The van der Waals surface area contributed by atoms with Crippen molar-refractivity contribution in [1.29, 1.82) is 0 Å². The fourth-order valence-electron chi connectivity index (χ4n) is 2.72. The van der Waals surface area contributed by atoms with Gasteiger partial charge in [0.05, 0.1) is 0 Å². The van der Waals surface area contributed by atoms with Crippen LogP contribution in [0.5, 0.6) is 0 Å². The van der Waals surface area contributed by atoms with Crippen molar-refractivity contribution in [2.24, 2.45) is 11.8 Å². The first-order valence-corrected chi connectivity index (χ1v) is 6.90. The van der Waals surface area contributed by atoms with E-state index in [9.17, 15) is 9.59 Å². The van der Waals surface area contributed by atoms with Crippen molar-refractivity contribution in [3.05, 3.63) is 0 Å². The van der Waals surface area contributed by atoms with Crippen molar-refractivity contribution in [3.8, 4) is 0 Å². The third kappa shape index (κ3) is 3.02. The summed E-state index contributed by atoms with van der Waals surface area (Å²) in [7, 11) is 0. The molecule has 2 aliphatic rings. The molecule has 2 saturated heterocycles. The number of rotatable bonds is 4. The maximum Gasteiger partial charge on any atom is 0.324 e. The van der Waals surface area contributed by atoms with E-state index in [0.717, 1.165) is 32.4 Å². The first kappa shape index (κ1) is 13.3. The van der Waals surface area contributed by atoms with Gasteiger partial charge in [0, 0.05) is 6.54 Å². The number of urea groups is 1. The quantitative estimate of drug-likeness (QED) is 0.733. The van der Waals surface area contributed by atoms with Gasteiger partial charge < -0.3 is 10.6 Å². The second-order valence-electron chi connectivity index (χ2n) is 5.79. The second-order valence-corrected chi connectivity index (χ2v) is 5.79. The molecule has 0 saturated carbocycles. The zero-order valence-electron chi connectivity index (χ0n) is 11.2. The van der Waals surface area contributed by atoms with Crippen molar-refractivity contribution < 1.29 is 9.59 Å². The lowest BCUT2D eigenvalue weighted by Crippen LogP contribution is -2.41. The van der Waals surface area contributed by atoms with Gasteiger partial charge in [-0.3, -0.25) is 9.69 Å². The Hall–Kier alpha value is -1.10. The zero-order valence-corrected chi connectivity index (χ0v) is 11.2. The van der Waals surface area contributed by atoms with Crippen LogP contribution < -0.4 is 10.6 Å². The van der Waals surface area contributed by atoms with E-state index in [1.807, 2.05) is 0 Å². The SMILES string of the molecule is CC(C)CC1NC(=O)N(CC2CCCNC2)C1=O. The summed E-state index contributed by atoms with van der Waals surface area (Å²) in [6.45, 7) is 6.64. The zero-order chi connectivity index (χ0) is 13.1. The molecule has 0 aliphatic carbocycles. The molecule has 0 aromatic rings. The van der Waals surface area contributed by atoms with Gasteiger partial charge in [-0.15, -0.1) is 0 Å². The Balaban J connectivity index is 1.91.